The van der Waals surface area contributed by atoms with Crippen LogP contribution in [0.4, 0.5) is 4.39 Å². The highest BCUT2D eigenvalue weighted by Crippen LogP contribution is 2.30. The van der Waals surface area contributed by atoms with E-state index in [1.807, 2.05) is 31.3 Å². The first kappa shape index (κ1) is 14.3. The van der Waals surface area contributed by atoms with Crippen molar-refractivity contribution < 1.29 is 8.81 Å². The Bertz CT molecular complexity index is 751. The van der Waals surface area contributed by atoms with Crippen LogP contribution >= 0.6 is 15.9 Å². The molecule has 0 aliphatic carbocycles. The van der Waals surface area contributed by atoms with E-state index in [0.29, 0.717) is 0 Å². The van der Waals surface area contributed by atoms with Gasteiger partial charge in [-0.25, -0.2) is 4.39 Å². The van der Waals surface area contributed by atoms with Gasteiger partial charge in [-0.05, 0) is 59.2 Å². The minimum atomic E-state index is -0.215. The molecule has 108 valence electrons. The van der Waals surface area contributed by atoms with E-state index in [1.54, 1.807) is 12.1 Å². The highest BCUT2D eigenvalue weighted by molar-refractivity contribution is 9.10. The Labute approximate surface area is 131 Å². The molecule has 0 spiro atoms. The molecule has 21 heavy (non-hydrogen) atoms. The molecular weight excluding hydrogens is 333 g/mol. The van der Waals surface area contributed by atoms with E-state index < -0.39 is 0 Å². The molecule has 4 heteroatoms. The van der Waals surface area contributed by atoms with Gasteiger partial charge in [0.2, 0.25) is 0 Å². The van der Waals surface area contributed by atoms with Crippen LogP contribution in [0.2, 0.25) is 0 Å². The van der Waals surface area contributed by atoms with Gasteiger partial charge in [0.25, 0.3) is 0 Å². The largest absolute Gasteiger partial charge is 0.458 e. The maximum Gasteiger partial charge on any atom is 0.148 e. The minimum Gasteiger partial charge on any atom is -0.458 e. The quantitative estimate of drug-likeness (QED) is 0.730. The molecule has 0 amide bonds. The van der Waals surface area contributed by atoms with Crippen LogP contribution in [0, 0.1) is 5.82 Å². The molecule has 1 heterocycles. The molecule has 0 aliphatic heterocycles. The van der Waals surface area contributed by atoms with Crippen LogP contribution in [0.5, 0.6) is 0 Å². The molecule has 1 unspecified atom stereocenters. The van der Waals surface area contributed by atoms with E-state index in [-0.39, 0.29) is 11.9 Å². The predicted octanol–water partition coefficient (Wildman–Crippen LogP) is 4.84. The number of nitrogens with one attached hydrogen (secondary N) is 1. The number of para-hydroxylation sites is 1. The molecule has 3 aromatic rings. The van der Waals surface area contributed by atoms with E-state index in [9.17, 15) is 4.39 Å². The smallest absolute Gasteiger partial charge is 0.148 e. The maximum absolute atomic E-state index is 13.0. The van der Waals surface area contributed by atoms with Crippen LogP contribution in [-0.4, -0.2) is 7.05 Å². The molecule has 0 radical (unpaired) electrons. The molecule has 0 saturated carbocycles. The van der Waals surface area contributed by atoms with Gasteiger partial charge in [-0.2, -0.15) is 0 Å². The van der Waals surface area contributed by atoms with Crippen molar-refractivity contribution in [2.24, 2.45) is 0 Å². The number of hydrogen-bond donors (Lipinski definition) is 1. The first-order valence-corrected chi connectivity index (χ1v) is 7.56. The number of halogens is 2. The van der Waals surface area contributed by atoms with Crippen LogP contribution < -0.4 is 5.32 Å². The van der Waals surface area contributed by atoms with Crippen molar-refractivity contribution in [3.05, 3.63) is 70.1 Å². The van der Waals surface area contributed by atoms with Crippen LogP contribution in [0.3, 0.4) is 0 Å². The second-order valence-corrected chi connectivity index (χ2v) is 5.83. The molecular formula is C17H15BrFNO. The van der Waals surface area contributed by atoms with Gasteiger partial charge in [-0.3, -0.25) is 0 Å². The number of benzene rings is 2. The molecule has 0 aliphatic rings. The van der Waals surface area contributed by atoms with Gasteiger partial charge >= 0.3 is 0 Å². The van der Waals surface area contributed by atoms with E-state index in [1.165, 1.54) is 12.1 Å². The molecule has 0 bridgehead atoms. The van der Waals surface area contributed by atoms with Gasteiger partial charge in [0.1, 0.15) is 17.2 Å². The summed E-state index contributed by atoms with van der Waals surface area (Å²) in [5.41, 5.74) is 1.92. The van der Waals surface area contributed by atoms with Crippen LogP contribution in [0.1, 0.15) is 17.4 Å². The van der Waals surface area contributed by atoms with Crippen molar-refractivity contribution in [3.63, 3.8) is 0 Å². The van der Waals surface area contributed by atoms with Crippen molar-refractivity contribution in [3.8, 4) is 0 Å². The predicted molar refractivity (Wildman–Crippen MR) is 85.8 cm³/mol. The Morgan fingerprint density at radius 1 is 1.19 bits per heavy atom. The number of rotatable bonds is 4. The van der Waals surface area contributed by atoms with Crippen molar-refractivity contribution >= 4 is 26.9 Å². The normalized spacial score (nSPS) is 12.7. The summed E-state index contributed by atoms with van der Waals surface area (Å²) in [6, 6.07) is 14.6. The average Bonchev–Trinajstić information content (AvgIpc) is 2.92. The van der Waals surface area contributed by atoms with Crippen molar-refractivity contribution in [1.29, 1.82) is 0 Å². The van der Waals surface area contributed by atoms with Crippen LogP contribution in [0.15, 0.2) is 57.4 Å². The van der Waals surface area contributed by atoms with Crippen LogP contribution in [0.25, 0.3) is 11.0 Å². The number of likely N-dealkylation sites (N-methyl/N-ethyl adjacent to an activating group) is 1. The molecule has 1 atom stereocenters. The topological polar surface area (TPSA) is 25.2 Å². The lowest BCUT2D eigenvalue weighted by atomic mass is 10.0. The molecule has 1 N–H and O–H groups in total. The average molecular weight is 348 g/mol. The number of furan rings is 1. The zero-order valence-corrected chi connectivity index (χ0v) is 13.2. The van der Waals surface area contributed by atoms with Crippen LogP contribution in [-0.2, 0) is 6.42 Å². The third-order valence-corrected chi connectivity index (χ3v) is 4.18. The minimum absolute atomic E-state index is 0.0507. The second kappa shape index (κ2) is 6.00. The van der Waals surface area contributed by atoms with Gasteiger partial charge < -0.3 is 9.73 Å². The number of fused-ring (bicyclic) bond motifs is 1. The summed E-state index contributed by atoms with van der Waals surface area (Å²) < 4.78 is 19.9. The fourth-order valence-corrected chi connectivity index (χ4v) is 2.88. The molecule has 0 fully saturated rings. The summed E-state index contributed by atoms with van der Waals surface area (Å²) in [4.78, 5) is 0. The summed E-state index contributed by atoms with van der Waals surface area (Å²) in [5, 5.41) is 4.33. The fraction of sp³-hybridized carbons (Fsp3) is 0.176. The highest BCUT2D eigenvalue weighted by Gasteiger charge is 2.16. The van der Waals surface area contributed by atoms with Gasteiger partial charge in [-0.15, -0.1) is 0 Å². The lowest BCUT2D eigenvalue weighted by molar-refractivity contribution is 0.450. The summed E-state index contributed by atoms with van der Waals surface area (Å²) >= 11 is 3.50. The Hall–Kier alpha value is -1.65. The molecule has 2 nitrogen and oxygen atoms in total. The zero-order valence-electron chi connectivity index (χ0n) is 11.6. The summed E-state index contributed by atoms with van der Waals surface area (Å²) in [6.07, 6.45) is 0.744. The summed E-state index contributed by atoms with van der Waals surface area (Å²) in [7, 11) is 1.90. The third kappa shape index (κ3) is 3.01. The zero-order chi connectivity index (χ0) is 14.8. The SMILES string of the molecule is CNC(Cc1ccc(F)cc1)c1cc2cccc(Br)c2o1. The van der Waals surface area contributed by atoms with Gasteiger partial charge in [0.15, 0.2) is 0 Å². The lowest BCUT2D eigenvalue weighted by Gasteiger charge is -2.13. The standard InChI is InChI=1S/C17H15BrFNO/c1-20-15(9-11-5-7-13(19)8-6-11)16-10-12-3-2-4-14(18)17(12)21-16/h2-8,10,15,20H,9H2,1H3. The molecule has 3 rings (SSSR count). The van der Waals surface area contributed by atoms with Gasteiger partial charge in [0.05, 0.1) is 10.5 Å². The first-order chi connectivity index (χ1) is 10.2. The second-order valence-electron chi connectivity index (χ2n) is 4.98. The Balaban J connectivity index is 1.90. The monoisotopic (exact) mass is 347 g/mol. The lowest BCUT2D eigenvalue weighted by Crippen LogP contribution is -2.18. The summed E-state index contributed by atoms with van der Waals surface area (Å²) in [5.74, 6) is 0.663. The maximum atomic E-state index is 13.0. The third-order valence-electron chi connectivity index (χ3n) is 3.56. The van der Waals surface area contributed by atoms with Gasteiger partial charge in [-0.1, -0.05) is 24.3 Å². The molecule has 1 aromatic heterocycles. The van der Waals surface area contributed by atoms with Crippen molar-refractivity contribution in [2.45, 2.75) is 12.5 Å². The highest BCUT2D eigenvalue weighted by atomic mass is 79.9. The summed E-state index contributed by atoms with van der Waals surface area (Å²) in [6.45, 7) is 0. The van der Waals surface area contributed by atoms with E-state index >= 15 is 0 Å². The molecule has 0 saturated heterocycles. The fourth-order valence-electron chi connectivity index (χ4n) is 2.42. The Morgan fingerprint density at radius 2 is 1.95 bits per heavy atom. The van der Waals surface area contributed by atoms with E-state index in [4.69, 9.17) is 4.42 Å². The van der Waals surface area contributed by atoms with E-state index in [2.05, 4.69) is 21.2 Å². The number of hydrogen-bond acceptors (Lipinski definition) is 2. The molecule has 2 aromatic carbocycles. The van der Waals surface area contributed by atoms with E-state index in [0.717, 1.165) is 33.2 Å². The van der Waals surface area contributed by atoms with Crippen molar-refractivity contribution in [1.82, 2.24) is 5.32 Å². The Morgan fingerprint density at radius 3 is 2.62 bits per heavy atom. The Kier molecular flexibility index (Phi) is 4.08. The van der Waals surface area contributed by atoms with Crippen molar-refractivity contribution in [2.75, 3.05) is 7.05 Å². The first-order valence-electron chi connectivity index (χ1n) is 6.77. The van der Waals surface area contributed by atoms with Gasteiger partial charge in [0, 0.05) is 5.39 Å².